The molecule has 0 saturated carbocycles. The van der Waals surface area contributed by atoms with Crippen LogP contribution < -0.4 is 21.7 Å². The molecule has 4 atom stereocenters. The fourth-order valence-corrected chi connectivity index (χ4v) is 4.27. The normalized spacial score (nSPS) is 13.8. The van der Waals surface area contributed by atoms with E-state index in [0.29, 0.717) is 22.6 Å². The highest BCUT2D eigenvalue weighted by molar-refractivity contribution is 5.94. The van der Waals surface area contributed by atoms with E-state index in [-0.39, 0.29) is 31.4 Å². The Hall–Kier alpha value is -5.51. The van der Waals surface area contributed by atoms with Crippen LogP contribution in [0.1, 0.15) is 22.6 Å². The summed E-state index contributed by atoms with van der Waals surface area (Å²) in [4.78, 5) is 72.2. The number of hydrogen-bond donors (Lipinski definition) is 9. The molecule has 43 heavy (non-hydrogen) atoms. The van der Waals surface area contributed by atoms with Crippen molar-refractivity contribution in [2.45, 2.75) is 49.9 Å². The molecule has 3 amide bonds. The number of nitrogens with one attached hydrogen (secondary N) is 6. The van der Waals surface area contributed by atoms with Gasteiger partial charge >= 0.3 is 5.97 Å². The second kappa shape index (κ2) is 14.4. The summed E-state index contributed by atoms with van der Waals surface area (Å²) in [6.07, 6.45) is 8.75. The third-order valence-electron chi connectivity index (χ3n) is 6.55. The molecule has 4 unspecified atom stereocenters. The maximum absolute atomic E-state index is 13.6. The van der Waals surface area contributed by atoms with Crippen molar-refractivity contribution in [2.75, 3.05) is 0 Å². The van der Waals surface area contributed by atoms with Crippen LogP contribution in [0.15, 0.2) is 61.8 Å². The summed E-state index contributed by atoms with van der Waals surface area (Å²) >= 11 is 0. The zero-order valence-electron chi connectivity index (χ0n) is 22.9. The number of rotatable bonds is 15. The summed E-state index contributed by atoms with van der Waals surface area (Å²) in [6, 6.07) is 1.23. The molecular formula is C27H32N10O6. The first-order chi connectivity index (χ1) is 20.7. The Kier molecular flexibility index (Phi) is 10.2. The van der Waals surface area contributed by atoms with Gasteiger partial charge in [0, 0.05) is 61.4 Å². The molecule has 0 spiro atoms. The van der Waals surface area contributed by atoms with Crippen molar-refractivity contribution >= 4 is 23.7 Å². The Morgan fingerprint density at radius 1 is 0.674 bits per heavy atom. The van der Waals surface area contributed by atoms with Crippen molar-refractivity contribution in [3.05, 3.63) is 84.5 Å². The lowest BCUT2D eigenvalue weighted by atomic mass is 10.0. The van der Waals surface area contributed by atoms with Gasteiger partial charge in [-0.25, -0.2) is 19.7 Å². The van der Waals surface area contributed by atoms with Crippen LogP contribution in [0.3, 0.4) is 0 Å². The number of H-pyrrole nitrogens is 3. The van der Waals surface area contributed by atoms with E-state index < -0.39 is 47.9 Å². The molecule has 16 nitrogen and oxygen atoms in total. The first-order valence-electron chi connectivity index (χ1n) is 13.3. The SMILES string of the molecule is NC(Cc1cnc[nH]1)C(=O)NC(Cc1cnc[nH]1)C(=O)NC(Cc1ccc(O)cc1)C(=O)NC(Cc1cnc[nH]1)C(=O)O. The first kappa shape index (κ1) is 30.4. The number of aromatic hydroxyl groups is 1. The Labute approximate surface area is 244 Å². The van der Waals surface area contributed by atoms with Crippen molar-refractivity contribution in [1.82, 2.24) is 45.9 Å². The smallest absolute Gasteiger partial charge is 0.326 e. The topological polar surface area (TPSA) is 257 Å². The quantitative estimate of drug-likeness (QED) is 0.0788. The van der Waals surface area contributed by atoms with Gasteiger partial charge in [-0.1, -0.05) is 12.1 Å². The number of carboxylic acid groups (broad SMARTS) is 1. The average Bonchev–Trinajstić information content (AvgIpc) is 3.78. The second-order valence-electron chi connectivity index (χ2n) is 9.84. The van der Waals surface area contributed by atoms with Crippen molar-refractivity contribution in [3.63, 3.8) is 0 Å². The number of phenolic OH excluding ortho intramolecular Hbond substituents is 1. The average molecular weight is 593 g/mol. The molecule has 0 aliphatic rings. The molecule has 4 rings (SSSR count). The molecule has 4 aromatic rings. The maximum atomic E-state index is 13.6. The number of carbonyl (C=O) groups excluding carboxylic acids is 3. The van der Waals surface area contributed by atoms with Crippen LogP contribution in [0.4, 0.5) is 0 Å². The molecule has 0 saturated heterocycles. The highest BCUT2D eigenvalue weighted by atomic mass is 16.4. The standard InChI is InChI=1S/C27H32N10O6/c28-20(6-16-9-29-12-32-16)24(39)35-22(7-17-10-30-13-33-17)26(41)36-21(5-15-1-3-19(38)4-2-15)25(40)37-23(27(42)43)8-18-11-31-14-34-18/h1-4,9-14,20-23,38H,5-8,28H2,(H,29,32)(H,30,33)(H,31,34)(H,35,39)(H,36,41)(H,37,40)(H,42,43). The number of phenols is 1. The molecule has 0 radical (unpaired) electrons. The third kappa shape index (κ3) is 8.99. The molecule has 16 heteroatoms. The minimum Gasteiger partial charge on any atom is -0.508 e. The Bertz CT molecular complexity index is 1470. The van der Waals surface area contributed by atoms with Crippen LogP contribution in [0.25, 0.3) is 0 Å². The lowest BCUT2D eigenvalue weighted by Crippen LogP contribution is -2.58. The fourth-order valence-electron chi connectivity index (χ4n) is 4.27. The minimum absolute atomic E-state index is 0.000521. The van der Waals surface area contributed by atoms with Gasteiger partial charge in [-0.15, -0.1) is 0 Å². The molecule has 0 aliphatic carbocycles. The molecule has 0 fully saturated rings. The Morgan fingerprint density at radius 3 is 1.60 bits per heavy atom. The molecule has 3 heterocycles. The minimum atomic E-state index is -1.33. The molecular weight excluding hydrogens is 560 g/mol. The van der Waals surface area contributed by atoms with E-state index in [4.69, 9.17) is 5.73 Å². The summed E-state index contributed by atoms with van der Waals surface area (Å²) in [6.45, 7) is 0. The van der Waals surface area contributed by atoms with E-state index in [9.17, 15) is 29.4 Å². The van der Waals surface area contributed by atoms with Crippen molar-refractivity contribution < 1.29 is 29.4 Å². The van der Waals surface area contributed by atoms with Gasteiger partial charge in [0.25, 0.3) is 0 Å². The number of benzene rings is 1. The summed E-state index contributed by atoms with van der Waals surface area (Å²) in [5, 5.41) is 27.2. The predicted octanol–water partition coefficient (Wildman–Crippen LogP) is -1.30. The number of aliphatic carboxylic acids is 1. The van der Waals surface area contributed by atoms with E-state index >= 15 is 0 Å². The summed E-state index contributed by atoms with van der Waals surface area (Å²) in [5.41, 5.74) is 8.30. The molecule has 1 aromatic carbocycles. The van der Waals surface area contributed by atoms with E-state index in [1.54, 1.807) is 12.1 Å². The number of nitrogens with zero attached hydrogens (tertiary/aromatic N) is 3. The highest BCUT2D eigenvalue weighted by Gasteiger charge is 2.31. The molecule has 0 aliphatic heterocycles. The van der Waals surface area contributed by atoms with E-state index in [0.717, 1.165) is 0 Å². The Balaban J connectivity index is 1.52. The van der Waals surface area contributed by atoms with Gasteiger partial charge in [-0.3, -0.25) is 14.4 Å². The lowest BCUT2D eigenvalue weighted by molar-refractivity contribution is -0.142. The van der Waals surface area contributed by atoms with Crippen LogP contribution in [0, 0.1) is 0 Å². The van der Waals surface area contributed by atoms with Crippen LogP contribution in [-0.4, -0.2) is 88.0 Å². The third-order valence-corrected chi connectivity index (χ3v) is 6.55. The van der Waals surface area contributed by atoms with E-state index in [1.807, 2.05) is 0 Å². The molecule has 10 N–H and O–H groups in total. The van der Waals surface area contributed by atoms with Gasteiger partial charge in [0.15, 0.2) is 0 Å². The van der Waals surface area contributed by atoms with Crippen molar-refractivity contribution in [2.24, 2.45) is 5.73 Å². The van der Waals surface area contributed by atoms with E-state index in [1.165, 1.54) is 49.7 Å². The van der Waals surface area contributed by atoms with Gasteiger partial charge in [0.05, 0.1) is 25.0 Å². The van der Waals surface area contributed by atoms with E-state index in [2.05, 4.69) is 45.9 Å². The van der Waals surface area contributed by atoms with Crippen molar-refractivity contribution in [1.29, 1.82) is 0 Å². The van der Waals surface area contributed by atoms with Gasteiger partial charge < -0.3 is 46.8 Å². The summed E-state index contributed by atoms with van der Waals surface area (Å²) in [7, 11) is 0. The maximum Gasteiger partial charge on any atom is 0.326 e. The van der Waals surface area contributed by atoms with Crippen LogP contribution in [-0.2, 0) is 44.9 Å². The number of aromatic nitrogens is 6. The predicted molar refractivity (Wildman–Crippen MR) is 150 cm³/mol. The number of nitrogens with two attached hydrogens (primary N) is 1. The monoisotopic (exact) mass is 592 g/mol. The largest absolute Gasteiger partial charge is 0.508 e. The fraction of sp³-hybridized carbons (Fsp3) is 0.296. The van der Waals surface area contributed by atoms with Gasteiger partial charge in [-0.2, -0.15) is 0 Å². The number of carboxylic acids is 1. The van der Waals surface area contributed by atoms with Crippen molar-refractivity contribution in [3.8, 4) is 5.75 Å². The zero-order valence-corrected chi connectivity index (χ0v) is 22.9. The number of hydrogen-bond acceptors (Lipinski definition) is 9. The molecule has 226 valence electrons. The lowest BCUT2D eigenvalue weighted by Gasteiger charge is -2.25. The van der Waals surface area contributed by atoms with Crippen LogP contribution in [0.2, 0.25) is 0 Å². The Morgan fingerprint density at radius 2 is 1.12 bits per heavy atom. The zero-order chi connectivity index (χ0) is 30.8. The highest BCUT2D eigenvalue weighted by Crippen LogP contribution is 2.12. The number of imidazole rings is 3. The van der Waals surface area contributed by atoms with Gasteiger partial charge in [0.2, 0.25) is 17.7 Å². The van der Waals surface area contributed by atoms with Gasteiger partial charge in [-0.05, 0) is 17.7 Å². The number of amides is 3. The molecule has 0 bridgehead atoms. The van der Waals surface area contributed by atoms with Crippen LogP contribution >= 0.6 is 0 Å². The first-order valence-corrected chi connectivity index (χ1v) is 13.3. The summed E-state index contributed by atoms with van der Waals surface area (Å²) in [5.74, 6) is -3.37. The number of aromatic amines is 3. The summed E-state index contributed by atoms with van der Waals surface area (Å²) < 4.78 is 0. The molecule has 3 aromatic heterocycles. The number of carbonyl (C=O) groups is 4. The van der Waals surface area contributed by atoms with Crippen LogP contribution in [0.5, 0.6) is 5.75 Å². The second-order valence-corrected chi connectivity index (χ2v) is 9.84. The van der Waals surface area contributed by atoms with Gasteiger partial charge in [0.1, 0.15) is 23.9 Å².